The van der Waals surface area contributed by atoms with Gasteiger partial charge in [-0.1, -0.05) is 18.2 Å². The second-order valence-electron chi connectivity index (χ2n) is 5.21. The van der Waals surface area contributed by atoms with E-state index < -0.39 is 0 Å². The van der Waals surface area contributed by atoms with E-state index in [0.717, 1.165) is 26.1 Å². The summed E-state index contributed by atoms with van der Waals surface area (Å²) in [6, 6.07) is 0. The Morgan fingerprint density at radius 1 is 1.25 bits per heavy atom. The summed E-state index contributed by atoms with van der Waals surface area (Å²) in [5.41, 5.74) is 0. The Bertz CT molecular complexity index is 302. The summed E-state index contributed by atoms with van der Waals surface area (Å²) in [7, 11) is 0. The average molecular weight is 220 g/mol. The summed E-state index contributed by atoms with van der Waals surface area (Å²) >= 11 is 0. The van der Waals surface area contributed by atoms with E-state index in [-0.39, 0.29) is 5.79 Å². The number of ether oxygens (including phenoxy) is 2. The molecular formula is C14H20O2. The van der Waals surface area contributed by atoms with Gasteiger partial charge in [-0.3, -0.25) is 0 Å². The van der Waals surface area contributed by atoms with Crippen molar-refractivity contribution in [3.63, 3.8) is 0 Å². The van der Waals surface area contributed by atoms with Crippen molar-refractivity contribution in [1.29, 1.82) is 0 Å². The number of fused-ring (bicyclic) bond motifs is 2. The van der Waals surface area contributed by atoms with E-state index in [2.05, 4.69) is 24.8 Å². The highest BCUT2D eigenvalue weighted by Gasteiger charge is 2.50. The standard InChI is InChI=1S/C14H20O2/c1-2-11-9-12-5-3-4-6-14(13(12)10-11)15-7-8-16-14/h2-3,5,11-13H,1,4,6-10H2/t11-,12+,13-/m0/s1. The fourth-order valence-electron chi connectivity index (χ4n) is 3.59. The number of rotatable bonds is 1. The van der Waals surface area contributed by atoms with Crippen LogP contribution in [0.4, 0.5) is 0 Å². The Morgan fingerprint density at radius 3 is 2.81 bits per heavy atom. The third-order valence-electron chi connectivity index (χ3n) is 4.37. The van der Waals surface area contributed by atoms with Crippen LogP contribution >= 0.6 is 0 Å². The highest BCUT2D eigenvalue weighted by molar-refractivity contribution is 5.08. The first kappa shape index (κ1) is 10.5. The lowest BCUT2D eigenvalue weighted by Gasteiger charge is -2.34. The molecule has 0 aromatic carbocycles. The zero-order valence-corrected chi connectivity index (χ0v) is 9.73. The lowest BCUT2D eigenvalue weighted by molar-refractivity contribution is -0.202. The molecule has 3 rings (SSSR count). The van der Waals surface area contributed by atoms with Gasteiger partial charge in [0.05, 0.1) is 13.2 Å². The minimum Gasteiger partial charge on any atom is -0.347 e. The molecule has 0 N–H and O–H groups in total. The zero-order chi connectivity index (χ0) is 11.0. The zero-order valence-electron chi connectivity index (χ0n) is 9.73. The van der Waals surface area contributed by atoms with Gasteiger partial charge in [0.25, 0.3) is 0 Å². The summed E-state index contributed by atoms with van der Waals surface area (Å²) in [5, 5.41) is 0. The Kier molecular flexibility index (Phi) is 2.64. The third kappa shape index (κ3) is 1.56. The second-order valence-corrected chi connectivity index (χ2v) is 5.21. The van der Waals surface area contributed by atoms with Gasteiger partial charge in [-0.2, -0.15) is 0 Å². The minimum atomic E-state index is -0.272. The lowest BCUT2D eigenvalue weighted by atomic mass is 9.87. The summed E-state index contributed by atoms with van der Waals surface area (Å²) in [4.78, 5) is 0. The van der Waals surface area contributed by atoms with Gasteiger partial charge in [0.2, 0.25) is 0 Å². The highest BCUT2D eigenvalue weighted by Crippen LogP contribution is 2.50. The van der Waals surface area contributed by atoms with Gasteiger partial charge in [0.1, 0.15) is 0 Å². The molecule has 2 fully saturated rings. The maximum absolute atomic E-state index is 5.97. The summed E-state index contributed by atoms with van der Waals surface area (Å²) in [6.45, 7) is 5.47. The number of hydrogen-bond donors (Lipinski definition) is 0. The molecule has 0 aromatic heterocycles. The predicted octanol–water partition coefficient (Wildman–Crippen LogP) is 2.91. The third-order valence-corrected chi connectivity index (χ3v) is 4.37. The van der Waals surface area contributed by atoms with Crippen LogP contribution in [-0.4, -0.2) is 19.0 Å². The molecule has 1 saturated carbocycles. The molecule has 0 aromatic rings. The maximum Gasteiger partial charge on any atom is 0.172 e. The van der Waals surface area contributed by atoms with E-state index in [0.29, 0.717) is 17.8 Å². The minimum absolute atomic E-state index is 0.272. The van der Waals surface area contributed by atoms with Crippen LogP contribution in [0.1, 0.15) is 25.7 Å². The molecule has 3 atom stereocenters. The van der Waals surface area contributed by atoms with Crippen LogP contribution in [0.3, 0.4) is 0 Å². The van der Waals surface area contributed by atoms with Gasteiger partial charge in [0.15, 0.2) is 5.79 Å². The fraction of sp³-hybridized carbons (Fsp3) is 0.714. The molecule has 0 bridgehead atoms. The van der Waals surface area contributed by atoms with Crippen molar-refractivity contribution in [2.45, 2.75) is 31.5 Å². The molecule has 2 heteroatoms. The first-order valence-electron chi connectivity index (χ1n) is 6.41. The molecule has 0 unspecified atom stereocenters. The maximum atomic E-state index is 5.97. The monoisotopic (exact) mass is 220 g/mol. The largest absolute Gasteiger partial charge is 0.347 e. The molecule has 0 radical (unpaired) electrons. The van der Waals surface area contributed by atoms with Gasteiger partial charge in [-0.25, -0.2) is 0 Å². The molecule has 1 aliphatic heterocycles. The van der Waals surface area contributed by atoms with Crippen LogP contribution in [0.2, 0.25) is 0 Å². The van der Waals surface area contributed by atoms with Crippen molar-refractivity contribution in [2.75, 3.05) is 13.2 Å². The quantitative estimate of drug-likeness (QED) is 0.633. The molecule has 0 amide bonds. The molecule has 1 saturated heterocycles. The first-order valence-corrected chi connectivity index (χ1v) is 6.41. The molecule has 1 spiro atoms. The van der Waals surface area contributed by atoms with Crippen LogP contribution in [0, 0.1) is 17.8 Å². The smallest absolute Gasteiger partial charge is 0.172 e. The van der Waals surface area contributed by atoms with Crippen LogP contribution in [-0.2, 0) is 9.47 Å². The van der Waals surface area contributed by atoms with Crippen molar-refractivity contribution in [1.82, 2.24) is 0 Å². The van der Waals surface area contributed by atoms with Crippen LogP contribution in [0.5, 0.6) is 0 Å². The normalized spacial score (nSPS) is 40.9. The van der Waals surface area contributed by atoms with Crippen molar-refractivity contribution in [2.24, 2.45) is 17.8 Å². The molecule has 88 valence electrons. The van der Waals surface area contributed by atoms with Crippen molar-refractivity contribution in [3.8, 4) is 0 Å². The van der Waals surface area contributed by atoms with E-state index in [1.807, 2.05) is 0 Å². The number of allylic oxidation sites excluding steroid dienone is 3. The lowest BCUT2D eigenvalue weighted by Crippen LogP contribution is -2.40. The molecule has 2 aliphatic carbocycles. The highest BCUT2D eigenvalue weighted by atomic mass is 16.7. The molecular weight excluding hydrogens is 200 g/mol. The van der Waals surface area contributed by atoms with Crippen molar-refractivity contribution >= 4 is 0 Å². The average Bonchev–Trinajstić information content (AvgIpc) is 2.87. The Labute approximate surface area is 97.3 Å². The van der Waals surface area contributed by atoms with Crippen LogP contribution < -0.4 is 0 Å². The van der Waals surface area contributed by atoms with Gasteiger partial charge in [-0.15, -0.1) is 6.58 Å². The SMILES string of the molecule is C=C[C@H]1C[C@H]2C=CCCC3(OCCO3)[C@H]2C1. The second kappa shape index (κ2) is 4.01. The fourth-order valence-corrected chi connectivity index (χ4v) is 3.59. The van der Waals surface area contributed by atoms with Crippen LogP contribution in [0.25, 0.3) is 0 Å². The van der Waals surface area contributed by atoms with E-state index in [9.17, 15) is 0 Å². The van der Waals surface area contributed by atoms with Gasteiger partial charge >= 0.3 is 0 Å². The Hall–Kier alpha value is -0.600. The van der Waals surface area contributed by atoms with E-state index in [4.69, 9.17) is 9.47 Å². The Morgan fingerprint density at radius 2 is 2.06 bits per heavy atom. The van der Waals surface area contributed by atoms with Crippen molar-refractivity contribution in [3.05, 3.63) is 24.8 Å². The van der Waals surface area contributed by atoms with E-state index >= 15 is 0 Å². The van der Waals surface area contributed by atoms with Crippen molar-refractivity contribution < 1.29 is 9.47 Å². The molecule has 2 nitrogen and oxygen atoms in total. The predicted molar refractivity (Wildman–Crippen MR) is 62.9 cm³/mol. The summed E-state index contributed by atoms with van der Waals surface area (Å²) in [5.74, 6) is 1.54. The Balaban J connectivity index is 1.88. The molecule has 16 heavy (non-hydrogen) atoms. The van der Waals surface area contributed by atoms with E-state index in [1.54, 1.807) is 0 Å². The number of hydrogen-bond acceptors (Lipinski definition) is 2. The van der Waals surface area contributed by atoms with E-state index in [1.165, 1.54) is 12.8 Å². The van der Waals surface area contributed by atoms with Gasteiger partial charge in [0, 0.05) is 12.3 Å². The van der Waals surface area contributed by atoms with Gasteiger partial charge < -0.3 is 9.47 Å². The van der Waals surface area contributed by atoms with Gasteiger partial charge in [-0.05, 0) is 31.1 Å². The van der Waals surface area contributed by atoms with Crippen LogP contribution in [0.15, 0.2) is 24.8 Å². The first-order chi connectivity index (χ1) is 7.84. The summed E-state index contributed by atoms with van der Waals surface area (Å²) in [6.07, 6.45) is 11.3. The summed E-state index contributed by atoms with van der Waals surface area (Å²) < 4.78 is 11.9. The molecule has 3 aliphatic rings. The topological polar surface area (TPSA) is 18.5 Å². The molecule has 1 heterocycles.